The Balaban J connectivity index is 1.46. The summed E-state index contributed by atoms with van der Waals surface area (Å²) < 4.78 is 28.2. The molecule has 2 heterocycles. The van der Waals surface area contributed by atoms with E-state index in [1.807, 2.05) is 0 Å². The molecule has 0 spiro atoms. The summed E-state index contributed by atoms with van der Waals surface area (Å²) in [6.07, 6.45) is 1.53. The number of carbonyl (C=O) groups excluding carboxylic acids is 1. The lowest BCUT2D eigenvalue weighted by molar-refractivity contribution is -0.141. The maximum absolute atomic E-state index is 12.8. The van der Waals surface area contributed by atoms with E-state index in [0.717, 1.165) is 4.90 Å². The van der Waals surface area contributed by atoms with Gasteiger partial charge in [0.15, 0.2) is 5.76 Å². The molecule has 0 amide bonds. The summed E-state index contributed by atoms with van der Waals surface area (Å²) in [4.78, 5) is 12.5. The van der Waals surface area contributed by atoms with Crippen molar-refractivity contribution in [2.75, 3.05) is 5.75 Å². The van der Waals surface area contributed by atoms with Gasteiger partial charge in [0.1, 0.15) is 18.1 Å². The van der Waals surface area contributed by atoms with Crippen molar-refractivity contribution >= 4 is 17.7 Å². The van der Waals surface area contributed by atoms with E-state index in [0.29, 0.717) is 17.2 Å². The molecule has 0 aliphatic carbocycles. The molecule has 0 aliphatic rings. The zero-order chi connectivity index (χ0) is 16.1. The molecule has 2 aromatic heterocycles. The fourth-order valence-electron chi connectivity index (χ4n) is 1.78. The molecule has 0 unspecified atom stereocenters. The van der Waals surface area contributed by atoms with Gasteiger partial charge in [-0.25, -0.2) is 4.39 Å². The molecular weight excluding hydrogens is 321 g/mol. The Morgan fingerprint density at radius 3 is 2.78 bits per heavy atom. The summed E-state index contributed by atoms with van der Waals surface area (Å²) in [6, 6.07) is 11.1. The van der Waals surface area contributed by atoms with Gasteiger partial charge in [-0.3, -0.25) is 4.79 Å². The van der Waals surface area contributed by atoms with Crippen LogP contribution >= 0.6 is 11.8 Å². The lowest BCUT2D eigenvalue weighted by atomic mass is 10.3. The molecule has 23 heavy (non-hydrogen) atoms. The summed E-state index contributed by atoms with van der Waals surface area (Å²) >= 11 is 1.28. The topological polar surface area (TPSA) is 65.5 Å². The minimum absolute atomic E-state index is 0.0209. The van der Waals surface area contributed by atoms with Gasteiger partial charge in [0, 0.05) is 11.0 Å². The first kappa shape index (κ1) is 15.4. The van der Waals surface area contributed by atoms with Gasteiger partial charge < -0.3 is 13.7 Å². The van der Waals surface area contributed by atoms with E-state index in [9.17, 15) is 9.18 Å². The Hall–Kier alpha value is -2.54. The van der Waals surface area contributed by atoms with Crippen LogP contribution < -0.4 is 0 Å². The summed E-state index contributed by atoms with van der Waals surface area (Å²) in [6.45, 7) is 0.0209. The number of halogens is 1. The van der Waals surface area contributed by atoms with Crippen molar-refractivity contribution < 1.29 is 22.9 Å². The van der Waals surface area contributed by atoms with Crippen LogP contribution in [0.4, 0.5) is 4.39 Å². The Bertz CT molecular complexity index is 768. The molecule has 3 aromatic rings. The first-order valence-electron chi connectivity index (χ1n) is 6.74. The average molecular weight is 333 g/mol. The second kappa shape index (κ2) is 7.15. The van der Waals surface area contributed by atoms with Crippen molar-refractivity contribution in [2.45, 2.75) is 11.5 Å². The fourth-order valence-corrected chi connectivity index (χ4v) is 2.48. The van der Waals surface area contributed by atoms with E-state index >= 15 is 0 Å². The number of rotatable bonds is 6. The number of aromatic nitrogens is 1. The number of thioether (sulfide) groups is 1. The van der Waals surface area contributed by atoms with Crippen molar-refractivity contribution in [3.05, 3.63) is 60.2 Å². The van der Waals surface area contributed by atoms with Crippen LogP contribution in [0.25, 0.3) is 11.5 Å². The van der Waals surface area contributed by atoms with E-state index in [4.69, 9.17) is 13.7 Å². The lowest BCUT2D eigenvalue weighted by Crippen LogP contribution is -2.07. The number of carbonyl (C=O) groups is 1. The summed E-state index contributed by atoms with van der Waals surface area (Å²) in [7, 11) is 0. The smallest absolute Gasteiger partial charge is 0.316 e. The molecule has 118 valence electrons. The van der Waals surface area contributed by atoms with E-state index in [1.54, 1.807) is 30.3 Å². The van der Waals surface area contributed by atoms with Gasteiger partial charge >= 0.3 is 5.97 Å². The van der Waals surface area contributed by atoms with Gasteiger partial charge in [0.05, 0.1) is 12.0 Å². The molecule has 0 atom stereocenters. The third-order valence-electron chi connectivity index (χ3n) is 2.87. The zero-order valence-electron chi connectivity index (χ0n) is 11.9. The number of nitrogens with zero attached hydrogens (tertiary/aromatic N) is 1. The Kier molecular flexibility index (Phi) is 4.77. The van der Waals surface area contributed by atoms with Gasteiger partial charge in [-0.2, -0.15) is 0 Å². The summed E-state index contributed by atoms with van der Waals surface area (Å²) in [5, 5.41) is 3.81. The van der Waals surface area contributed by atoms with Crippen LogP contribution in [-0.2, 0) is 16.1 Å². The van der Waals surface area contributed by atoms with Crippen LogP contribution in [-0.4, -0.2) is 16.9 Å². The van der Waals surface area contributed by atoms with Gasteiger partial charge in [0.2, 0.25) is 5.76 Å². The predicted molar refractivity (Wildman–Crippen MR) is 81.1 cm³/mol. The molecule has 1 aromatic carbocycles. The number of benzene rings is 1. The van der Waals surface area contributed by atoms with Crippen molar-refractivity contribution in [1.82, 2.24) is 5.16 Å². The van der Waals surface area contributed by atoms with Gasteiger partial charge in [-0.15, -0.1) is 11.8 Å². The summed E-state index contributed by atoms with van der Waals surface area (Å²) in [5.41, 5.74) is 0.497. The van der Waals surface area contributed by atoms with Crippen molar-refractivity contribution in [3.8, 4) is 11.5 Å². The molecule has 3 rings (SSSR count). The molecule has 0 radical (unpaired) electrons. The first-order chi connectivity index (χ1) is 11.2. The number of hydrogen-bond acceptors (Lipinski definition) is 6. The number of furan rings is 1. The van der Waals surface area contributed by atoms with Crippen LogP contribution in [0.1, 0.15) is 5.69 Å². The Morgan fingerprint density at radius 2 is 2.04 bits per heavy atom. The molecule has 5 nitrogen and oxygen atoms in total. The Labute approximate surface area is 135 Å². The van der Waals surface area contributed by atoms with Gasteiger partial charge in [-0.1, -0.05) is 5.16 Å². The Morgan fingerprint density at radius 1 is 1.22 bits per heavy atom. The molecule has 0 bridgehead atoms. The highest BCUT2D eigenvalue weighted by Crippen LogP contribution is 2.21. The molecule has 0 saturated carbocycles. The largest absolute Gasteiger partial charge is 0.461 e. The second-order valence-electron chi connectivity index (χ2n) is 4.56. The minimum atomic E-state index is -0.387. The lowest BCUT2D eigenvalue weighted by Gasteiger charge is -2.02. The van der Waals surface area contributed by atoms with Gasteiger partial charge in [-0.05, 0) is 36.4 Å². The van der Waals surface area contributed by atoms with Crippen LogP contribution in [0.2, 0.25) is 0 Å². The molecule has 0 N–H and O–H groups in total. The maximum atomic E-state index is 12.8. The van der Waals surface area contributed by atoms with Crippen molar-refractivity contribution in [1.29, 1.82) is 0 Å². The van der Waals surface area contributed by atoms with E-state index in [-0.39, 0.29) is 24.1 Å². The highest BCUT2D eigenvalue weighted by molar-refractivity contribution is 8.00. The van der Waals surface area contributed by atoms with Crippen LogP contribution in [0.5, 0.6) is 0 Å². The molecule has 0 fully saturated rings. The average Bonchev–Trinajstić information content (AvgIpc) is 3.23. The summed E-state index contributed by atoms with van der Waals surface area (Å²) in [5.74, 6) is 0.468. The normalized spacial score (nSPS) is 10.7. The van der Waals surface area contributed by atoms with Crippen LogP contribution in [0.15, 0.2) is 62.6 Å². The third kappa shape index (κ3) is 4.23. The zero-order valence-corrected chi connectivity index (χ0v) is 12.7. The first-order valence-corrected chi connectivity index (χ1v) is 7.73. The SMILES string of the molecule is O=C(CSc1ccc(F)cc1)OCc1cc(-c2ccco2)on1. The van der Waals surface area contributed by atoms with Gasteiger partial charge in [0.25, 0.3) is 0 Å². The maximum Gasteiger partial charge on any atom is 0.316 e. The molecule has 0 saturated heterocycles. The minimum Gasteiger partial charge on any atom is -0.461 e. The monoisotopic (exact) mass is 333 g/mol. The molecule has 7 heteroatoms. The quantitative estimate of drug-likeness (QED) is 0.503. The van der Waals surface area contributed by atoms with Crippen LogP contribution in [0, 0.1) is 5.82 Å². The van der Waals surface area contributed by atoms with Crippen molar-refractivity contribution in [3.63, 3.8) is 0 Å². The fraction of sp³-hybridized carbons (Fsp3) is 0.125. The highest BCUT2D eigenvalue weighted by Gasteiger charge is 2.11. The van der Waals surface area contributed by atoms with Crippen molar-refractivity contribution in [2.24, 2.45) is 0 Å². The molecular formula is C16H12FNO4S. The molecule has 0 aliphatic heterocycles. The number of ether oxygens (including phenoxy) is 1. The highest BCUT2D eigenvalue weighted by atomic mass is 32.2. The predicted octanol–water partition coefficient (Wildman–Crippen LogP) is 3.91. The van der Waals surface area contributed by atoms with Crippen LogP contribution in [0.3, 0.4) is 0 Å². The van der Waals surface area contributed by atoms with E-state index < -0.39 is 0 Å². The van der Waals surface area contributed by atoms with E-state index in [2.05, 4.69) is 5.16 Å². The number of hydrogen-bond donors (Lipinski definition) is 0. The second-order valence-corrected chi connectivity index (χ2v) is 5.61. The standard InChI is InChI=1S/C16H12FNO4S/c17-11-3-5-13(6-4-11)23-10-16(19)21-9-12-8-15(22-18-12)14-2-1-7-20-14/h1-8H,9-10H2. The number of esters is 1. The third-order valence-corrected chi connectivity index (χ3v) is 3.86. The van der Waals surface area contributed by atoms with E-state index in [1.165, 1.54) is 30.2 Å².